The molecule has 0 aliphatic carbocycles. The fourth-order valence-electron chi connectivity index (χ4n) is 1.67. The maximum atomic E-state index is 11.1. The molecule has 1 aromatic heterocycles. The van der Waals surface area contributed by atoms with Crippen LogP contribution in [0.4, 0.5) is 5.69 Å². The topological polar surface area (TPSA) is 90.0 Å². The zero-order valence-electron chi connectivity index (χ0n) is 10.6. The SMILES string of the molecule is Cc1cnn(CCNc2ccc(S(N)(=O)=O)cc2)c1. The molecule has 0 aliphatic heterocycles. The van der Waals surface area contributed by atoms with E-state index in [1.54, 1.807) is 18.3 Å². The Hall–Kier alpha value is -1.86. The lowest BCUT2D eigenvalue weighted by Gasteiger charge is -2.07. The predicted molar refractivity (Wildman–Crippen MR) is 73.3 cm³/mol. The van der Waals surface area contributed by atoms with Crippen molar-refractivity contribution in [2.45, 2.75) is 18.4 Å². The van der Waals surface area contributed by atoms with Crippen LogP contribution in [0.15, 0.2) is 41.6 Å². The first kappa shape index (κ1) is 13.6. The highest BCUT2D eigenvalue weighted by Gasteiger charge is 2.06. The van der Waals surface area contributed by atoms with Crippen LogP contribution in [0.5, 0.6) is 0 Å². The number of primary sulfonamides is 1. The highest BCUT2D eigenvalue weighted by molar-refractivity contribution is 7.89. The molecule has 7 heteroatoms. The lowest BCUT2D eigenvalue weighted by atomic mass is 10.3. The van der Waals surface area contributed by atoms with Crippen LogP contribution in [-0.2, 0) is 16.6 Å². The minimum absolute atomic E-state index is 0.112. The Bertz CT molecular complexity index is 647. The van der Waals surface area contributed by atoms with Gasteiger partial charge in [-0.2, -0.15) is 5.10 Å². The summed E-state index contributed by atoms with van der Waals surface area (Å²) in [7, 11) is -3.62. The van der Waals surface area contributed by atoms with Crippen LogP contribution in [0.3, 0.4) is 0 Å². The van der Waals surface area contributed by atoms with E-state index in [2.05, 4.69) is 10.4 Å². The van der Waals surface area contributed by atoms with Crippen LogP contribution in [0.25, 0.3) is 0 Å². The third-order valence-electron chi connectivity index (χ3n) is 2.62. The Kier molecular flexibility index (Phi) is 3.87. The molecule has 0 radical (unpaired) electrons. The van der Waals surface area contributed by atoms with Crippen molar-refractivity contribution in [3.05, 3.63) is 42.2 Å². The smallest absolute Gasteiger partial charge is 0.238 e. The van der Waals surface area contributed by atoms with Gasteiger partial charge in [-0.1, -0.05) is 0 Å². The largest absolute Gasteiger partial charge is 0.383 e. The van der Waals surface area contributed by atoms with Crippen molar-refractivity contribution in [1.82, 2.24) is 9.78 Å². The first-order valence-electron chi connectivity index (χ1n) is 5.81. The van der Waals surface area contributed by atoms with E-state index in [-0.39, 0.29) is 4.90 Å². The number of nitrogens with two attached hydrogens (primary N) is 1. The first-order valence-corrected chi connectivity index (χ1v) is 7.35. The average molecular weight is 280 g/mol. The molecule has 0 atom stereocenters. The zero-order chi connectivity index (χ0) is 13.9. The standard InChI is InChI=1S/C12H16N4O2S/c1-10-8-15-16(9-10)7-6-14-11-2-4-12(5-3-11)19(13,17)18/h2-5,8-9,14H,6-7H2,1H3,(H2,13,17,18). The van der Waals surface area contributed by atoms with Gasteiger partial charge in [-0.05, 0) is 36.8 Å². The fourth-order valence-corrected chi connectivity index (χ4v) is 2.18. The normalized spacial score (nSPS) is 11.5. The van der Waals surface area contributed by atoms with Gasteiger partial charge in [-0.25, -0.2) is 13.6 Å². The zero-order valence-corrected chi connectivity index (χ0v) is 11.4. The number of anilines is 1. The molecule has 0 fully saturated rings. The number of nitrogens with zero attached hydrogens (tertiary/aromatic N) is 2. The van der Waals surface area contributed by atoms with Gasteiger partial charge in [0.2, 0.25) is 10.0 Å². The summed E-state index contributed by atoms with van der Waals surface area (Å²) in [6, 6.07) is 6.34. The Morgan fingerprint density at radius 2 is 2.00 bits per heavy atom. The van der Waals surface area contributed by atoms with Crippen molar-refractivity contribution in [2.24, 2.45) is 5.14 Å². The van der Waals surface area contributed by atoms with Gasteiger partial charge in [0.05, 0.1) is 17.6 Å². The van der Waals surface area contributed by atoms with Crippen molar-refractivity contribution in [3.63, 3.8) is 0 Å². The lowest BCUT2D eigenvalue weighted by Crippen LogP contribution is -2.13. The van der Waals surface area contributed by atoms with Crippen molar-refractivity contribution >= 4 is 15.7 Å². The molecular weight excluding hydrogens is 264 g/mol. The monoisotopic (exact) mass is 280 g/mol. The van der Waals surface area contributed by atoms with E-state index in [0.29, 0.717) is 6.54 Å². The molecule has 0 aliphatic rings. The van der Waals surface area contributed by atoms with Crippen molar-refractivity contribution in [3.8, 4) is 0 Å². The second-order valence-electron chi connectivity index (χ2n) is 4.28. The number of hydrogen-bond acceptors (Lipinski definition) is 4. The van der Waals surface area contributed by atoms with Crippen LogP contribution in [-0.4, -0.2) is 24.7 Å². The molecule has 0 bridgehead atoms. The summed E-state index contributed by atoms with van der Waals surface area (Å²) in [6.07, 6.45) is 3.77. The average Bonchev–Trinajstić information content (AvgIpc) is 2.75. The van der Waals surface area contributed by atoms with Crippen LogP contribution in [0.2, 0.25) is 0 Å². The van der Waals surface area contributed by atoms with E-state index in [9.17, 15) is 8.42 Å². The highest BCUT2D eigenvalue weighted by Crippen LogP contribution is 2.12. The van der Waals surface area contributed by atoms with Gasteiger partial charge in [-0.3, -0.25) is 4.68 Å². The molecule has 19 heavy (non-hydrogen) atoms. The van der Waals surface area contributed by atoms with E-state index in [4.69, 9.17) is 5.14 Å². The minimum Gasteiger partial charge on any atom is -0.383 e. The number of rotatable bonds is 5. The Morgan fingerprint density at radius 3 is 2.53 bits per heavy atom. The third kappa shape index (κ3) is 3.80. The number of hydrogen-bond donors (Lipinski definition) is 2. The molecule has 6 nitrogen and oxygen atoms in total. The van der Waals surface area contributed by atoms with Crippen molar-refractivity contribution in [1.29, 1.82) is 0 Å². The molecule has 2 aromatic rings. The van der Waals surface area contributed by atoms with Gasteiger partial charge in [0.1, 0.15) is 0 Å². The van der Waals surface area contributed by atoms with E-state index >= 15 is 0 Å². The van der Waals surface area contributed by atoms with Crippen LogP contribution >= 0.6 is 0 Å². The summed E-state index contributed by atoms with van der Waals surface area (Å²) in [5.74, 6) is 0. The maximum absolute atomic E-state index is 11.1. The van der Waals surface area contributed by atoms with Gasteiger partial charge in [-0.15, -0.1) is 0 Å². The van der Waals surface area contributed by atoms with E-state index < -0.39 is 10.0 Å². The Labute approximate surface area is 112 Å². The highest BCUT2D eigenvalue weighted by atomic mass is 32.2. The molecule has 2 rings (SSSR count). The molecule has 0 unspecified atom stereocenters. The summed E-state index contributed by atoms with van der Waals surface area (Å²) >= 11 is 0. The fraction of sp³-hybridized carbons (Fsp3) is 0.250. The van der Waals surface area contributed by atoms with Crippen LogP contribution in [0.1, 0.15) is 5.56 Å². The molecular formula is C12H16N4O2S. The minimum atomic E-state index is -3.62. The molecule has 0 saturated carbocycles. The van der Waals surface area contributed by atoms with Gasteiger partial charge < -0.3 is 5.32 Å². The molecule has 0 spiro atoms. The summed E-state index contributed by atoms with van der Waals surface area (Å²) in [4.78, 5) is 0.112. The number of aromatic nitrogens is 2. The molecule has 102 valence electrons. The number of sulfonamides is 1. The summed E-state index contributed by atoms with van der Waals surface area (Å²) in [5, 5.41) is 12.4. The molecule has 1 aromatic carbocycles. The quantitative estimate of drug-likeness (QED) is 0.853. The van der Waals surface area contributed by atoms with Gasteiger partial charge in [0, 0.05) is 18.4 Å². The second kappa shape index (κ2) is 5.41. The van der Waals surface area contributed by atoms with E-state index in [1.165, 1.54) is 12.1 Å². The Balaban J connectivity index is 1.90. The molecule has 0 amide bonds. The van der Waals surface area contributed by atoms with E-state index in [0.717, 1.165) is 17.8 Å². The lowest BCUT2D eigenvalue weighted by molar-refractivity contribution is 0.598. The third-order valence-corrected chi connectivity index (χ3v) is 3.54. The molecule has 1 heterocycles. The summed E-state index contributed by atoms with van der Waals surface area (Å²) in [6.45, 7) is 3.43. The van der Waals surface area contributed by atoms with Crippen LogP contribution in [0, 0.1) is 6.92 Å². The van der Waals surface area contributed by atoms with Gasteiger partial charge in [0.25, 0.3) is 0 Å². The first-order chi connectivity index (χ1) is 8.95. The maximum Gasteiger partial charge on any atom is 0.238 e. The predicted octanol–water partition coefficient (Wildman–Crippen LogP) is 0.951. The summed E-state index contributed by atoms with van der Waals surface area (Å²) < 4.78 is 24.0. The van der Waals surface area contributed by atoms with Crippen LogP contribution < -0.4 is 10.5 Å². The van der Waals surface area contributed by atoms with Crippen molar-refractivity contribution in [2.75, 3.05) is 11.9 Å². The second-order valence-corrected chi connectivity index (χ2v) is 5.84. The number of benzene rings is 1. The number of nitrogens with one attached hydrogen (secondary N) is 1. The van der Waals surface area contributed by atoms with Crippen molar-refractivity contribution < 1.29 is 8.42 Å². The molecule has 0 saturated heterocycles. The summed E-state index contributed by atoms with van der Waals surface area (Å²) in [5.41, 5.74) is 1.97. The molecule has 3 N–H and O–H groups in total. The Morgan fingerprint density at radius 1 is 1.32 bits per heavy atom. The van der Waals surface area contributed by atoms with Gasteiger partial charge >= 0.3 is 0 Å². The number of aryl methyl sites for hydroxylation is 1. The van der Waals surface area contributed by atoms with Gasteiger partial charge in [0.15, 0.2) is 0 Å². The van der Waals surface area contributed by atoms with E-state index in [1.807, 2.05) is 17.8 Å².